The summed E-state index contributed by atoms with van der Waals surface area (Å²) in [7, 11) is 0. The number of nitrogens with zero attached hydrogens (tertiary/aromatic N) is 1. The Labute approximate surface area is 95.8 Å². The van der Waals surface area contributed by atoms with E-state index in [1.807, 2.05) is 27.7 Å². The molecular weight excluding hydrogens is 204 g/mol. The third-order valence-corrected chi connectivity index (χ3v) is 2.02. The van der Waals surface area contributed by atoms with Crippen molar-refractivity contribution in [1.29, 1.82) is 0 Å². The van der Waals surface area contributed by atoms with E-state index in [1.165, 1.54) is 0 Å². The first-order valence-electron chi connectivity index (χ1n) is 5.18. The molecule has 0 amide bonds. The summed E-state index contributed by atoms with van der Waals surface area (Å²) in [5.41, 5.74) is 6.99. The summed E-state index contributed by atoms with van der Waals surface area (Å²) in [5, 5.41) is 0. The molecule has 1 aromatic rings. The Balaban J connectivity index is 3.10. The number of nitrogen functional groups attached to an aromatic ring is 1. The van der Waals surface area contributed by atoms with E-state index in [1.54, 1.807) is 13.0 Å². The van der Waals surface area contributed by atoms with E-state index < -0.39 is 5.60 Å². The molecule has 1 heterocycles. The first-order chi connectivity index (χ1) is 7.20. The minimum atomic E-state index is -0.503. The summed E-state index contributed by atoms with van der Waals surface area (Å²) in [4.78, 5) is 16.0. The average molecular weight is 222 g/mol. The van der Waals surface area contributed by atoms with Crippen molar-refractivity contribution in [3.8, 4) is 0 Å². The van der Waals surface area contributed by atoms with Crippen LogP contribution in [0.25, 0.3) is 0 Å². The van der Waals surface area contributed by atoms with Gasteiger partial charge in [0, 0.05) is 0 Å². The molecule has 0 fully saturated rings. The highest BCUT2D eigenvalue weighted by atomic mass is 16.6. The number of ether oxygens (including phenoxy) is 1. The topological polar surface area (TPSA) is 65.2 Å². The maximum atomic E-state index is 11.9. The molecule has 0 saturated carbocycles. The molecule has 0 bridgehead atoms. The van der Waals surface area contributed by atoms with Crippen molar-refractivity contribution >= 4 is 11.8 Å². The van der Waals surface area contributed by atoms with E-state index in [0.717, 1.165) is 5.56 Å². The first-order valence-corrected chi connectivity index (χ1v) is 5.18. The summed E-state index contributed by atoms with van der Waals surface area (Å²) in [6, 6.07) is 1.67. The number of rotatable bonds is 1. The van der Waals surface area contributed by atoms with E-state index in [4.69, 9.17) is 10.5 Å². The van der Waals surface area contributed by atoms with Crippen LogP contribution in [0.4, 0.5) is 5.82 Å². The van der Waals surface area contributed by atoms with Gasteiger partial charge < -0.3 is 10.5 Å². The van der Waals surface area contributed by atoms with Crippen LogP contribution in [0.2, 0.25) is 0 Å². The highest BCUT2D eigenvalue weighted by Crippen LogP contribution is 2.18. The fraction of sp³-hybridized carbons (Fsp3) is 0.500. The molecule has 0 aliphatic rings. The number of esters is 1. The van der Waals surface area contributed by atoms with Crippen LogP contribution >= 0.6 is 0 Å². The lowest BCUT2D eigenvalue weighted by atomic mass is 10.1. The lowest BCUT2D eigenvalue weighted by Gasteiger charge is -2.20. The van der Waals surface area contributed by atoms with Gasteiger partial charge in [-0.3, -0.25) is 0 Å². The minimum Gasteiger partial charge on any atom is -0.456 e. The van der Waals surface area contributed by atoms with Crippen LogP contribution in [0.5, 0.6) is 0 Å². The van der Waals surface area contributed by atoms with Crippen molar-refractivity contribution in [3.63, 3.8) is 0 Å². The van der Waals surface area contributed by atoms with Gasteiger partial charge in [-0.2, -0.15) is 0 Å². The zero-order chi connectivity index (χ0) is 12.5. The largest absolute Gasteiger partial charge is 0.456 e. The maximum Gasteiger partial charge on any atom is 0.340 e. The molecule has 0 aliphatic carbocycles. The number of hydrogen-bond donors (Lipinski definition) is 1. The zero-order valence-corrected chi connectivity index (χ0v) is 10.4. The third-order valence-electron chi connectivity index (χ3n) is 2.02. The summed E-state index contributed by atoms with van der Waals surface area (Å²) in [6.07, 6.45) is 0. The third kappa shape index (κ3) is 2.95. The van der Waals surface area contributed by atoms with Gasteiger partial charge in [0.05, 0.1) is 11.3 Å². The second-order valence-electron chi connectivity index (χ2n) is 4.83. The Kier molecular flexibility index (Phi) is 3.21. The lowest BCUT2D eigenvalue weighted by Crippen LogP contribution is -2.25. The number of aromatic nitrogens is 1. The molecule has 0 radical (unpaired) electrons. The van der Waals surface area contributed by atoms with Crippen LogP contribution < -0.4 is 5.73 Å². The average Bonchev–Trinajstić information content (AvgIpc) is 1.96. The predicted molar refractivity (Wildman–Crippen MR) is 63.3 cm³/mol. The second kappa shape index (κ2) is 4.12. The monoisotopic (exact) mass is 222 g/mol. The van der Waals surface area contributed by atoms with E-state index in [-0.39, 0.29) is 5.97 Å². The second-order valence-corrected chi connectivity index (χ2v) is 4.83. The van der Waals surface area contributed by atoms with Crippen molar-refractivity contribution in [1.82, 2.24) is 4.98 Å². The summed E-state index contributed by atoms with van der Waals surface area (Å²) < 4.78 is 5.31. The van der Waals surface area contributed by atoms with Crippen LogP contribution in [0.15, 0.2) is 6.07 Å². The first kappa shape index (κ1) is 12.5. The van der Waals surface area contributed by atoms with Crippen molar-refractivity contribution in [3.05, 3.63) is 22.9 Å². The summed E-state index contributed by atoms with van der Waals surface area (Å²) in [5.74, 6) is 0.0670. The van der Waals surface area contributed by atoms with Gasteiger partial charge in [0.2, 0.25) is 0 Å². The zero-order valence-electron chi connectivity index (χ0n) is 10.4. The number of aryl methyl sites for hydroxylation is 2. The Morgan fingerprint density at radius 3 is 2.38 bits per heavy atom. The molecule has 1 aromatic heterocycles. The fourth-order valence-electron chi connectivity index (χ4n) is 1.50. The quantitative estimate of drug-likeness (QED) is 0.740. The van der Waals surface area contributed by atoms with E-state index in [9.17, 15) is 4.79 Å². The van der Waals surface area contributed by atoms with Crippen molar-refractivity contribution < 1.29 is 9.53 Å². The minimum absolute atomic E-state index is 0.352. The molecule has 4 heteroatoms. The molecule has 2 N–H and O–H groups in total. The Hall–Kier alpha value is -1.58. The normalized spacial score (nSPS) is 11.3. The lowest BCUT2D eigenvalue weighted by molar-refractivity contribution is 0.00675. The Morgan fingerprint density at radius 1 is 1.38 bits per heavy atom. The number of anilines is 1. The van der Waals surface area contributed by atoms with Crippen molar-refractivity contribution in [2.75, 3.05) is 5.73 Å². The van der Waals surface area contributed by atoms with Gasteiger partial charge in [-0.15, -0.1) is 0 Å². The number of carbonyl (C=O) groups is 1. The molecule has 0 saturated heterocycles. The SMILES string of the molecule is Cc1cc(N)nc(C)c1C(=O)OC(C)(C)C. The maximum absolute atomic E-state index is 11.9. The van der Waals surface area contributed by atoms with E-state index in [0.29, 0.717) is 17.1 Å². The summed E-state index contributed by atoms with van der Waals surface area (Å²) in [6.45, 7) is 9.08. The van der Waals surface area contributed by atoms with E-state index >= 15 is 0 Å². The van der Waals surface area contributed by atoms with Gasteiger partial charge in [0.15, 0.2) is 0 Å². The number of hydrogen-bond acceptors (Lipinski definition) is 4. The van der Waals surface area contributed by atoms with Crippen LogP contribution in [0.1, 0.15) is 42.4 Å². The molecule has 0 aromatic carbocycles. The van der Waals surface area contributed by atoms with Crippen molar-refractivity contribution in [2.45, 2.75) is 40.2 Å². The number of nitrogens with two attached hydrogens (primary N) is 1. The smallest absolute Gasteiger partial charge is 0.340 e. The van der Waals surface area contributed by atoms with Gasteiger partial charge >= 0.3 is 5.97 Å². The predicted octanol–water partition coefficient (Wildman–Crippen LogP) is 2.24. The molecule has 1 rings (SSSR count). The molecule has 4 nitrogen and oxygen atoms in total. The van der Waals surface area contributed by atoms with E-state index in [2.05, 4.69) is 4.98 Å². The van der Waals surface area contributed by atoms with Gasteiger partial charge in [-0.1, -0.05) is 0 Å². The molecule has 16 heavy (non-hydrogen) atoms. The van der Waals surface area contributed by atoms with Crippen molar-refractivity contribution in [2.24, 2.45) is 0 Å². The molecule has 0 atom stereocenters. The fourth-order valence-corrected chi connectivity index (χ4v) is 1.50. The van der Waals surface area contributed by atoms with Crippen LogP contribution in [-0.2, 0) is 4.74 Å². The van der Waals surface area contributed by atoms with Gasteiger partial charge in [0.25, 0.3) is 0 Å². The standard InChI is InChI=1S/C12H18N2O2/c1-7-6-9(13)14-8(2)10(7)11(15)16-12(3,4)5/h6H,1-5H3,(H2,13,14). The van der Waals surface area contributed by atoms with Gasteiger partial charge in [-0.25, -0.2) is 9.78 Å². The molecule has 0 unspecified atom stereocenters. The Bertz CT molecular complexity index is 397. The van der Waals surface area contributed by atoms with Crippen LogP contribution in [-0.4, -0.2) is 16.6 Å². The molecular formula is C12H18N2O2. The molecule has 0 aliphatic heterocycles. The highest BCUT2D eigenvalue weighted by molar-refractivity contribution is 5.92. The van der Waals surface area contributed by atoms with Crippen LogP contribution in [0.3, 0.4) is 0 Å². The number of pyridine rings is 1. The summed E-state index contributed by atoms with van der Waals surface area (Å²) >= 11 is 0. The Morgan fingerprint density at radius 2 is 1.94 bits per heavy atom. The van der Waals surface area contributed by atoms with Gasteiger partial charge in [0.1, 0.15) is 11.4 Å². The molecule has 0 spiro atoms. The number of carbonyl (C=O) groups excluding carboxylic acids is 1. The molecule has 88 valence electrons. The van der Waals surface area contributed by atoms with Gasteiger partial charge in [-0.05, 0) is 46.2 Å². The highest BCUT2D eigenvalue weighted by Gasteiger charge is 2.21. The van der Waals surface area contributed by atoms with Crippen LogP contribution in [0, 0.1) is 13.8 Å².